The van der Waals surface area contributed by atoms with Crippen molar-refractivity contribution >= 4 is 8.05 Å². The second kappa shape index (κ2) is 2.27. The topological polar surface area (TPSA) is 9.23 Å². The zero-order valence-corrected chi connectivity index (χ0v) is 3.99. The molecule has 0 radical (unpaired) electrons. The molecule has 0 amide bonds. The lowest BCUT2D eigenvalue weighted by atomic mass is 10.4. The number of hydrogen-bond donors (Lipinski definition) is 0. The minimum Gasteiger partial charge on any atom is -0.442 e. The molecule has 0 unspecified atom stereocenters. The first-order valence-electron chi connectivity index (χ1n) is 1.80. The summed E-state index contributed by atoms with van der Waals surface area (Å²) >= 11 is 0. The van der Waals surface area contributed by atoms with Gasteiger partial charge in [0.1, 0.15) is 0 Å². The highest BCUT2D eigenvalue weighted by Gasteiger charge is 1.78. The van der Waals surface area contributed by atoms with Gasteiger partial charge in [0.05, 0.1) is 0 Å². The van der Waals surface area contributed by atoms with Crippen LogP contribution < -0.4 is 0 Å². The van der Waals surface area contributed by atoms with E-state index in [0.29, 0.717) is 6.10 Å². The highest BCUT2D eigenvalue weighted by molar-refractivity contribution is 5.98. The lowest BCUT2D eigenvalue weighted by molar-refractivity contribution is 0.267. The van der Waals surface area contributed by atoms with E-state index < -0.39 is 0 Å². The Labute approximate surface area is 33.8 Å². The molecule has 0 aromatic carbocycles. The van der Waals surface area contributed by atoms with E-state index in [-0.39, 0.29) is 0 Å². The van der Waals surface area contributed by atoms with Crippen molar-refractivity contribution in [2.75, 3.05) is 0 Å². The van der Waals surface area contributed by atoms with Crippen LogP contribution in [0, 0.1) is 0 Å². The second-order valence-corrected chi connectivity index (χ2v) is 1.28. The van der Waals surface area contributed by atoms with Crippen molar-refractivity contribution in [1.82, 2.24) is 0 Å². The largest absolute Gasteiger partial charge is 0.442 e. The summed E-state index contributed by atoms with van der Waals surface area (Å²) in [6, 6.07) is 0. The lowest BCUT2D eigenvalue weighted by Crippen LogP contribution is -1.95. The Morgan fingerprint density at radius 1 is 1.60 bits per heavy atom. The van der Waals surface area contributed by atoms with Gasteiger partial charge in [0.2, 0.25) is 0 Å². The molecule has 0 bridgehead atoms. The molecular weight excluding hydrogens is 62.8 g/mol. The Balaban J connectivity index is 2.54. The fourth-order valence-corrected chi connectivity index (χ4v) is 0. The van der Waals surface area contributed by atoms with Gasteiger partial charge in [0.25, 0.3) is 8.05 Å². The minimum atomic E-state index is 0.384. The molecule has 0 aromatic rings. The van der Waals surface area contributed by atoms with Crippen LogP contribution in [0.1, 0.15) is 13.8 Å². The van der Waals surface area contributed by atoms with Gasteiger partial charge in [0.15, 0.2) is 0 Å². The maximum absolute atomic E-state index is 4.75. The van der Waals surface area contributed by atoms with Crippen molar-refractivity contribution in [3.8, 4) is 0 Å². The van der Waals surface area contributed by atoms with E-state index in [1.807, 2.05) is 13.8 Å². The van der Waals surface area contributed by atoms with E-state index in [1.165, 1.54) is 0 Å². The molecule has 0 aromatic heterocycles. The van der Waals surface area contributed by atoms with Crippen molar-refractivity contribution in [1.29, 1.82) is 0 Å². The van der Waals surface area contributed by atoms with Crippen molar-refractivity contribution in [2.45, 2.75) is 20.0 Å². The van der Waals surface area contributed by atoms with E-state index in [1.54, 1.807) is 8.05 Å². The summed E-state index contributed by atoms with van der Waals surface area (Å²) in [7, 11) is 1.70. The van der Waals surface area contributed by atoms with Crippen LogP contribution in [-0.4, -0.2) is 14.2 Å². The summed E-state index contributed by atoms with van der Waals surface area (Å²) in [6.45, 7) is 4.00. The predicted octanol–water partition coefficient (Wildman–Crippen LogP) is -0.0405. The summed E-state index contributed by atoms with van der Waals surface area (Å²) < 4.78 is 4.75. The van der Waals surface area contributed by atoms with Gasteiger partial charge in [-0.15, -0.1) is 0 Å². The van der Waals surface area contributed by atoms with Crippen LogP contribution in [-0.2, 0) is 4.65 Å². The van der Waals surface area contributed by atoms with Crippen LogP contribution in [0.15, 0.2) is 0 Å². The summed E-state index contributed by atoms with van der Waals surface area (Å²) in [4.78, 5) is 0. The van der Waals surface area contributed by atoms with Crippen LogP contribution in [0.3, 0.4) is 0 Å². The molecule has 1 nitrogen and oxygen atoms in total. The monoisotopic (exact) mass is 72.1 g/mol. The molecule has 0 saturated carbocycles. The quantitative estimate of drug-likeness (QED) is 0.395. The Kier molecular flexibility index (Phi) is 2.28. The van der Waals surface area contributed by atoms with E-state index in [4.69, 9.17) is 4.65 Å². The first-order valence-corrected chi connectivity index (χ1v) is 1.80. The zero-order valence-electron chi connectivity index (χ0n) is 3.99. The fraction of sp³-hybridized carbons (Fsp3) is 1.00. The van der Waals surface area contributed by atoms with Gasteiger partial charge < -0.3 is 4.65 Å². The van der Waals surface area contributed by atoms with Crippen LogP contribution in [0.2, 0.25) is 0 Å². The van der Waals surface area contributed by atoms with E-state index in [0.717, 1.165) is 0 Å². The van der Waals surface area contributed by atoms with Gasteiger partial charge in [-0.1, -0.05) is 0 Å². The van der Waals surface area contributed by atoms with E-state index in [9.17, 15) is 0 Å². The second-order valence-electron chi connectivity index (χ2n) is 1.28. The highest BCUT2D eigenvalue weighted by Crippen LogP contribution is 1.76. The normalized spacial score (nSPS) is 9.40. The lowest BCUT2D eigenvalue weighted by Gasteiger charge is -1.95. The molecule has 0 saturated heterocycles. The molecule has 0 aliphatic rings. The average molecular weight is 71.9 g/mol. The summed E-state index contributed by atoms with van der Waals surface area (Å²) in [5.74, 6) is 0. The third kappa shape index (κ3) is 4.02. The van der Waals surface area contributed by atoms with Crippen LogP contribution in [0.5, 0.6) is 0 Å². The highest BCUT2D eigenvalue weighted by atomic mass is 16.4. The predicted molar refractivity (Wildman–Crippen MR) is 24.8 cm³/mol. The third-order valence-corrected chi connectivity index (χ3v) is 0.471. The van der Waals surface area contributed by atoms with Crippen LogP contribution in [0.4, 0.5) is 0 Å². The van der Waals surface area contributed by atoms with Crippen LogP contribution >= 0.6 is 0 Å². The first kappa shape index (κ1) is 5.02. The van der Waals surface area contributed by atoms with Gasteiger partial charge in [0, 0.05) is 6.10 Å². The SMILES string of the molecule is BOC(C)C. The summed E-state index contributed by atoms with van der Waals surface area (Å²) in [5.41, 5.74) is 0. The Morgan fingerprint density at radius 3 is 1.80 bits per heavy atom. The van der Waals surface area contributed by atoms with Crippen molar-refractivity contribution < 1.29 is 4.65 Å². The van der Waals surface area contributed by atoms with Gasteiger partial charge in [-0.2, -0.15) is 0 Å². The molecule has 30 valence electrons. The Morgan fingerprint density at radius 2 is 1.80 bits per heavy atom. The maximum atomic E-state index is 4.75. The van der Waals surface area contributed by atoms with Gasteiger partial charge in [-0.05, 0) is 13.8 Å². The number of hydrogen-bond acceptors (Lipinski definition) is 1. The van der Waals surface area contributed by atoms with E-state index in [2.05, 4.69) is 0 Å². The Bertz CT molecular complexity index is 20.9. The molecule has 0 fully saturated rings. The molecule has 0 aliphatic heterocycles. The van der Waals surface area contributed by atoms with Crippen LogP contribution in [0.25, 0.3) is 0 Å². The smallest absolute Gasteiger partial charge is 0.257 e. The molecule has 0 spiro atoms. The van der Waals surface area contributed by atoms with Crippen molar-refractivity contribution in [2.24, 2.45) is 0 Å². The molecular formula is C3H9BO. The Hall–Kier alpha value is 0.0249. The molecule has 0 aliphatic carbocycles. The minimum absolute atomic E-state index is 0.384. The van der Waals surface area contributed by atoms with Gasteiger partial charge in [-0.25, -0.2) is 0 Å². The molecule has 0 N–H and O–H groups in total. The fourth-order valence-electron chi connectivity index (χ4n) is 0. The molecule has 2 heteroatoms. The standard InChI is InChI=1S/C3H9BO/c1-3(2)5-4/h3H,4H2,1-2H3. The summed E-state index contributed by atoms with van der Waals surface area (Å²) in [5, 5.41) is 0. The third-order valence-electron chi connectivity index (χ3n) is 0.471. The van der Waals surface area contributed by atoms with E-state index >= 15 is 0 Å². The first-order chi connectivity index (χ1) is 2.27. The van der Waals surface area contributed by atoms with Crippen molar-refractivity contribution in [3.05, 3.63) is 0 Å². The molecule has 0 rings (SSSR count). The van der Waals surface area contributed by atoms with Gasteiger partial charge >= 0.3 is 0 Å². The molecule has 0 atom stereocenters. The molecule has 5 heavy (non-hydrogen) atoms. The van der Waals surface area contributed by atoms with Crippen molar-refractivity contribution in [3.63, 3.8) is 0 Å². The summed E-state index contributed by atoms with van der Waals surface area (Å²) in [6.07, 6.45) is 0.384. The maximum Gasteiger partial charge on any atom is 0.257 e. The van der Waals surface area contributed by atoms with Gasteiger partial charge in [-0.3, -0.25) is 0 Å². The zero-order chi connectivity index (χ0) is 4.28. The number of rotatable bonds is 1. The average Bonchev–Trinajstić information content (AvgIpc) is 1.38. The molecule has 0 heterocycles.